The number of aromatic nitrogens is 3. The highest BCUT2D eigenvalue weighted by molar-refractivity contribution is 7.13. The molecule has 0 unspecified atom stereocenters. The van der Waals surface area contributed by atoms with Gasteiger partial charge in [0.15, 0.2) is 0 Å². The first-order valence-corrected chi connectivity index (χ1v) is 10.6. The average Bonchev–Trinajstić information content (AvgIpc) is 3.40. The third-order valence-corrected chi connectivity index (χ3v) is 5.74. The summed E-state index contributed by atoms with van der Waals surface area (Å²) < 4.78 is 15.4. The van der Waals surface area contributed by atoms with Crippen LogP contribution in [-0.2, 0) is 11.2 Å². The lowest BCUT2D eigenvalue weighted by Gasteiger charge is -2.07. The minimum atomic E-state index is -0.312. The van der Waals surface area contributed by atoms with Crippen molar-refractivity contribution in [3.8, 4) is 21.8 Å². The summed E-state index contributed by atoms with van der Waals surface area (Å²) in [7, 11) is 0. The Balaban J connectivity index is 1.41. The van der Waals surface area contributed by atoms with Gasteiger partial charge in [-0.05, 0) is 24.3 Å². The lowest BCUT2D eigenvalue weighted by Crippen LogP contribution is -2.16. The summed E-state index contributed by atoms with van der Waals surface area (Å²) in [5.41, 5.74) is 3.71. The molecule has 5 rings (SSSR count). The zero-order valence-electron chi connectivity index (χ0n) is 16.3. The van der Waals surface area contributed by atoms with E-state index in [1.165, 1.54) is 23.5 Å². The van der Waals surface area contributed by atoms with Gasteiger partial charge in [-0.25, -0.2) is 14.4 Å². The molecule has 0 aliphatic carbocycles. The number of halogens is 1. The third kappa shape index (κ3) is 3.95. The van der Waals surface area contributed by atoms with E-state index >= 15 is 0 Å². The second kappa shape index (κ2) is 8.12. The van der Waals surface area contributed by atoms with Gasteiger partial charge >= 0.3 is 0 Å². The number of thiazole rings is 1. The molecular weight excluding hydrogens is 411 g/mol. The maximum absolute atomic E-state index is 13.5. The molecule has 2 aromatic carbocycles. The number of hydrogen-bond acceptors (Lipinski definition) is 4. The molecule has 31 heavy (non-hydrogen) atoms. The maximum atomic E-state index is 13.5. The number of hydrogen-bond donors (Lipinski definition) is 1. The second-order valence-corrected chi connectivity index (χ2v) is 7.84. The molecule has 7 heteroatoms. The van der Waals surface area contributed by atoms with E-state index in [1.54, 1.807) is 12.1 Å². The lowest BCUT2D eigenvalue weighted by molar-refractivity contribution is -0.115. The molecule has 5 nitrogen and oxygen atoms in total. The number of anilines is 1. The Labute approximate surface area is 181 Å². The molecule has 0 bridgehead atoms. The zero-order valence-corrected chi connectivity index (χ0v) is 17.1. The van der Waals surface area contributed by atoms with Gasteiger partial charge < -0.3 is 5.32 Å². The minimum Gasteiger partial charge on any atom is -0.310 e. The fraction of sp³-hybridized carbons (Fsp3) is 0.0417. The molecule has 1 amide bonds. The smallest absolute Gasteiger partial charge is 0.231 e. The van der Waals surface area contributed by atoms with Crippen molar-refractivity contribution >= 4 is 28.7 Å². The molecule has 152 valence electrons. The van der Waals surface area contributed by atoms with Crippen LogP contribution in [0.4, 0.5) is 10.2 Å². The Morgan fingerprint density at radius 3 is 2.61 bits per heavy atom. The summed E-state index contributed by atoms with van der Waals surface area (Å²) in [6.07, 6.45) is 1.98. The van der Waals surface area contributed by atoms with Crippen LogP contribution in [0.15, 0.2) is 84.4 Å². The van der Waals surface area contributed by atoms with Gasteiger partial charge in [0.05, 0.1) is 12.1 Å². The third-order valence-electron chi connectivity index (χ3n) is 4.80. The van der Waals surface area contributed by atoms with Gasteiger partial charge in [-0.3, -0.25) is 9.20 Å². The van der Waals surface area contributed by atoms with Gasteiger partial charge in [-0.15, -0.1) is 11.3 Å². The molecule has 0 saturated carbocycles. The van der Waals surface area contributed by atoms with Crippen LogP contribution in [0, 0.1) is 5.82 Å². The standard InChI is InChI=1S/C24H17FN4OS/c25-18-10-6-9-17(13-18)24-26-19(15-31-24)14-21(30)28-23-22(16-7-2-1-3-8-16)27-20-11-4-5-12-29(20)23/h1-13,15H,14H2,(H,28,30). The summed E-state index contributed by atoms with van der Waals surface area (Å²) >= 11 is 1.39. The van der Waals surface area contributed by atoms with Gasteiger partial charge in [0.1, 0.15) is 28.0 Å². The monoisotopic (exact) mass is 428 g/mol. The summed E-state index contributed by atoms with van der Waals surface area (Å²) in [5, 5.41) is 5.51. The zero-order chi connectivity index (χ0) is 21.2. The van der Waals surface area contributed by atoms with Crippen molar-refractivity contribution in [2.75, 3.05) is 5.32 Å². The fourth-order valence-electron chi connectivity index (χ4n) is 3.40. The molecular formula is C24H17FN4OS. The van der Waals surface area contributed by atoms with Gasteiger partial charge in [0, 0.05) is 22.7 Å². The van der Waals surface area contributed by atoms with Crippen molar-refractivity contribution in [1.82, 2.24) is 14.4 Å². The number of benzene rings is 2. The molecule has 5 aromatic rings. The summed E-state index contributed by atoms with van der Waals surface area (Å²) in [5.74, 6) is 0.111. The number of rotatable bonds is 5. The molecule has 0 aliphatic rings. The number of imidazole rings is 1. The van der Waals surface area contributed by atoms with Crippen molar-refractivity contribution in [3.05, 3.63) is 95.9 Å². The van der Waals surface area contributed by atoms with E-state index in [9.17, 15) is 9.18 Å². The Bertz CT molecular complexity index is 1380. The summed E-state index contributed by atoms with van der Waals surface area (Å²) in [6.45, 7) is 0. The predicted octanol–water partition coefficient (Wildman–Crippen LogP) is 5.45. The molecule has 1 N–H and O–H groups in total. The average molecular weight is 428 g/mol. The van der Waals surface area contributed by atoms with E-state index in [4.69, 9.17) is 4.98 Å². The highest BCUT2D eigenvalue weighted by atomic mass is 32.1. The normalized spacial score (nSPS) is 11.0. The minimum absolute atomic E-state index is 0.111. The molecule has 0 atom stereocenters. The van der Waals surface area contributed by atoms with E-state index in [-0.39, 0.29) is 18.1 Å². The van der Waals surface area contributed by atoms with E-state index < -0.39 is 0 Å². The Kier molecular flexibility index (Phi) is 5.01. The van der Waals surface area contributed by atoms with Crippen LogP contribution in [0.25, 0.3) is 27.5 Å². The van der Waals surface area contributed by atoms with Crippen molar-refractivity contribution in [1.29, 1.82) is 0 Å². The van der Waals surface area contributed by atoms with E-state index in [2.05, 4.69) is 10.3 Å². The van der Waals surface area contributed by atoms with Gasteiger partial charge in [0.2, 0.25) is 5.91 Å². The number of fused-ring (bicyclic) bond motifs is 1. The van der Waals surface area contributed by atoms with Crippen LogP contribution >= 0.6 is 11.3 Å². The number of nitrogens with one attached hydrogen (secondary N) is 1. The lowest BCUT2D eigenvalue weighted by atomic mass is 10.1. The highest BCUT2D eigenvalue weighted by Gasteiger charge is 2.17. The Morgan fingerprint density at radius 2 is 1.77 bits per heavy atom. The van der Waals surface area contributed by atoms with Crippen LogP contribution in [-0.4, -0.2) is 20.3 Å². The van der Waals surface area contributed by atoms with E-state index in [0.717, 1.165) is 11.2 Å². The van der Waals surface area contributed by atoms with E-state index in [1.807, 2.05) is 64.5 Å². The molecule has 0 aliphatic heterocycles. The predicted molar refractivity (Wildman–Crippen MR) is 120 cm³/mol. The number of nitrogens with zero attached hydrogens (tertiary/aromatic N) is 3. The number of pyridine rings is 1. The molecule has 3 heterocycles. The van der Waals surface area contributed by atoms with Gasteiger partial charge in [-0.1, -0.05) is 48.5 Å². The van der Waals surface area contributed by atoms with Crippen LogP contribution in [0.1, 0.15) is 5.69 Å². The highest BCUT2D eigenvalue weighted by Crippen LogP contribution is 2.29. The Morgan fingerprint density at radius 1 is 0.968 bits per heavy atom. The first kappa shape index (κ1) is 19.1. The van der Waals surface area contributed by atoms with Crippen LogP contribution < -0.4 is 5.32 Å². The van der Waals surface area contributed by atoms with Gasteiger partial charge in [-0.2, -0.15) is 0 Å². The van der Waals surface area contributed by atoms with Crippen molar-refractivity contribution in [2.45, 2.75) is 6.42 Å². The van der Waals surface area contributed by atoms with Crippen LogP contribution in [0.5, 0.6) is 0 Å². The van der Waals surface area contributed by atoms with Crippen molar-refractivity contribution < 1.29 is 9.18 Å². The topological polar surface area (TPSA) is 59.3 Å². The molecule has 0 fully saturated rings. The summed E-state index contributed by atoms with van der Waals surface area (Å²) in [6, 6.07) is 21.7. The van der Waals surface area contributed by atoms with Gasteiger partial charge in [0.25, 0.3) is 0 Å². The first-order valence-electron chi connectivity index (χ1n) is 9.70. The largest absolute Gasteiger partial charge is 0.310 e. The van der Waals surface area contributed by atoms with Crippen molar-refractivity contribution in [2.24, 2.45) is 0 Å². The second-order valence-electron chi connectivity index (χ2n) is 6.98. The molecule has 3 aromatic heterocycles. The number of amides is 1. The fourth-order valence-corrected chi connectivity index (χ4v) is 4.21. The Hall–Kier alpha value is -3.84. The summed E-state index contributed by atoms with van der Waals surface area (Å²) in [4.78, 5) is 22.1. The number of carbonyl (C=O) groups excluding carboxylic acids is 1. The van der Waals surface area contributed by atoms with Crippen LogP contribution in [0.3, 0.4) is 0 Å². The maximum Gasteiger partial charge on any atom is 0.231 e. The SMILES string of the molecule is O=C(Cc1csc(-c2cccc(F)c2)n1)Nc1c(-c2ccccc2)nc2ccccn12. The molecule has 0 spiro atoms. The number of carbonyl (C=O) groups is 1. The molecule has 0 radical (unpaired) electrons. The van der Waals surface area contributed by atoms with Crippen LogP contribution in [0.2, 0.25) is 0 Å². The molecule has 0 saturated heterocycles. The first-order chi connectivity index (χ1) is 15.2. The quantitative estimate of drug-likeness (QED) is 0.405. The van der Waals surface area contributed by atoms with Crippen molar-refractivity contribution in [3.63, 3.8) is 0 Å². The van der Waals surface area contributed by atoms with E-state index in [0.29, 0.717) is 27.8 Å².